The van der Waals surface area contributed by atoms with Gasteiger partial charge in [0.1, 0.15) is 11.2 Å². The number of aryl methyl sites for hydroxylation is 1. The maximum atomic E-state index is 6.57. The molecule has 0 saturated heterocycles. The van der Waals surface area contributed by atoms with Crippen molar-refractivity contribution in [3.63, 3.8) is 0 Å². The minimum Gasteiger partial charge on any atom is -0.455 e. The fourth-order valence-electron chi connectivity index (χ4n) is 6.30. The summed E-state index contributed by atoms with van der Waals surface area (Å²) in [4.78, 5) is 5.32. The van der Waals surface area contributed by atoms with Crippen molar-refractivity contribution in [2.24, 2.45) is 0 Å². The average molecular weight is 519 g/mol. The summed E-state index contributed by atoms with van der Waals surface area (Å²) in [5.74, 6) is 0. The zero-order valence-electron chi connectivity index (χ0n) is 21.0. The van der Waals surface area contributed by atoms with Crippen LogP contribution >= 0.6 is 11.3 Å². The van der Waals surface area contributed by atoms with Gasteiger partial charge >= 0.3 is 0 Å². The van der Waals surface area contributed by atoms with E-state index in [1.807, 2.05) is 6.07 Å². The second-order valence-electron chi connectivity index (χ2n) is 10.3. The summed E-state index contributed by atoms with van der Waals surface area (Å²) in [6.07, 6.45) is 6.73. The Labute approximate surface area is 228 Å². The number of allylic oxidation sites excluding steroid dienone is 1. The van der Waals surface area contributed by atoms with Gasteiger partial charge in [-0.25, -0.2) is 4.98 Å². The normalized spacial score (nSPS) is 13.3. The Balaban J connectivity index is 1.39. The molecule has 0 spiro atoms. The quantitative estimate of drug-likeness (QED) is 0.228. The number of thiazole rings is 1. The van der Waals surface area contributed by atoms with Gasteiger partial charge in [-0.2, -0.15) is 0 Å². The molecule has 1 aliphatic rings. The molecule has 0 amide bonds. The first-order chi connectivity index (χ1) is 19.3. The number of furan rings is 1. The highest BCUT2D eigenvalue weighted by atomic mass is 32.1. The molecule has 0 atom stereocenters. The molecule has 5 aromatic carbocycles. The second kappa shape index (κ2) is 7.92. The van der Waals surface area contributed by atoms with Crippen LogP contribution in [0.4, 0.5) is 0 Å². The summed E-state index contributed by atoms with van der Waals surface area (Å²) in [6, 6.07) is 34.7. The number of fused-ring (bicyclic) bond motifs is 9. The first kappa shape index (κ1) is 21.3. The molecular weight excluding hydrogens is 496 g/mol. The lowest BCUT2D eigenvalue weighted by Crippen LogP contribution is -1.94. The van der Waals surface area contributed by atoms with E-state index in [1.165, 1.54) is 38.5 Å². The summed E-state index contributed by atoms with van der Waals surface area (Å²) >= 11 is 1.75. The Morgan fingerprint density at radius 2 is 1.51 bits per heavy atom. The molecule has 0 unspecified atom stereocenters. The van der Waals surface area contributed by atoms with E-state index in [9.17, 15) is 0 Å². The van der Waals surface area contributed by atoms with Gasteiger partial charge in [0.2, 0.25) is 0 Å². The highest BCUT2D eigenvalue weighted by Crippen LogP contribution is 2.44. The van der Waals surface area contributed by atoms with Gasteiger partial charge in [-0.05, 0) is 59.9 Å². The van der Waals surface area contributed by atoms with Crippen molar-refractivity contribution in [3.05, 3.63) is 114 Å². The molecule has 8 aromatic rings. The Morgan fingerprint density at radius 1 is 0.769 bits per heavy atom. The summed E-state index contributed by atoms with van der Waals surface area (Å²) in [5, 5.41) is 5.66. The molecular formula is C35H22N2OS. The van der Waals surface area contributed by atoms with E-state index in [-0.39, 0.29) is 0 Å². The molecule has 0 aliphatic heterocycles. The standard InChI is InChI=1S/C35H22N2OS/c1-2-10-22-19-23(18-17-21(22)9-1)27-20-31-33(32-26-13-5-8-16-30(26)38-34(27)32)36-35(39-31)37-28-14-6-3-11-24(28)25-12-4-7-15-29(25)37/h2-8,10-20H,1,9H2. The van der Waals surface area contributed by atoms with Crippen LogP contribution < -0.4 is 0 Å². The average Bonchev–Trinajstić information content (AvgIpc) is 3.67. The zero-order valence-corrected chi connectivity index (χ0v) is 21.8. The van der Waals surface area contributed by atoms with Crippen LogP contribution in [0.1, 0.15) is 17.5 Å². The van der Waals surface area contributed by atoms with Crippen LogP contribution in [0.25, 0.3) is 76.3 Å². The van der Waals surface area contributed by atoms with E-state index in [1.54, 1.807) is 11.3 Å². The van der Waals surface area contributed by atoms with Crippen molar-refractivity contribution in [1.82, 2.24) is 9.55 Å². The fourth-order valence-corrected chi connectivity index (χ4v) is 7.34. The predicted octanol–water partition coefficient (Wildman–Crippen LogP) is 9.92. The third kappa shape index (κ3) is 3.01. The van der Waals surface area contributed by atoms with Crippen LogP contribution in [0.15, 0.2) is 108 Å². The number of hydrogen-bond acceptors (Lipinski definition) is 3. The third-order valence-electron chi connectivity index (χ3n) is 8.10. The Bertz CT molecular complexity index is 2240. The van der Waals surface area contributed by atoms with Crippen LogP contribution in [0, 0.1) is 0 Å². The van der Waals surface area contributed by atoms with Gasteiger partial charge in [0.25, 0.3) is 0 Å². The summed E-state index contributed by atoms with van der Waals surface area (Å²) in [5.41, 5.74) is 10.2. The third-order valence-corrected chi connectivity index (χ3v) is 9.09. The van der Waals surface area contributed by atoms with Crippen molar-refractivity contribution in [1.29, 1.82) is 0 Å². The molecule has 0 bridgehead atoms. The van der Waals surface area contributed by atoms with E-state index < -0.39 is 0 Å². The Hall–Kier alpha value is -4.67. The van der Waals surface area contributed by atoms with E-state index in [0.717, 1.165) is 55.7 Å². The van der Waals surface area contributed by atoms with Crippen LogP contribution in [-0.2, 0) is 6.42 Å². The SMILES string of the molecule is C1=Cc2cc(-c3cc4sc(-n5c6ccccc6c6ccccc65)nc4c4c3oc3ccccc34)ccc2CC1. The first-order valence-electron chi connectivity index (χ1n) is 13.4. The Kier molecular flexibility index (Phi) is 4.32. The smallest absolute Gasteiger partial charge is 0.195 e. The predicted molar refractivity (Wildman–Crippen MR) is 164 cm³/mol. The lowest BCUT2D eigenvalue weighted by atomic mass is 9.92. The number of hydrogen-bond donors (Lipinski definition) is 0. The molecule has 0 fully saturated rings. The molecule has 3 heterocycles. The number of aromatic nitrogens is 2. The van der Waals surface area contributed by atoms with Gasteiger partial charge in [-0.15, -0.1) is 0 Å². The molecule has 184 valence electrons. The number of benzene rings is 5. The molecule has 0 N–H and O–H groups in total. The fraction of sp³-hybridized carbons (Fsp3) is 0.0571. The minimum atomic E-state index is 0.894. The van der Waals surface area contributed by atoms with E-state index >= 15 is 0 Å². The molecule has 4 heteroatoms. The van der Waals surface area contributed by atoms with Gasteiger partial charge in [0, 0.05) is 21.7 Å². The monoisotopic (exact) mass is 518 g/mol. The van der Waals surface area contributed by atoms with Gasteiger partial charge < -0.3 is 4.42 Å². The van der Waals surface area contributed by atoms with Crippen molar-refractivity contribution < 1.29 is 4.42 Å². The lowest BCUT2D eigenvalue weighted by Gasteiger charge is -2.12. The highest BCUT2D eigenvalue weighted by molar-refractivity contribution is 7.21. The number of rotatable bonds is 2. The highest BCUT2D eigenvalue weighted by Gasteiger charge is 2.22. The van der Waals surface area contributed by atoms with Crippen molar-refractivity contribution in [2.75, 3.05) is 0 Å². The molecule has 0 radical (unpaired) electrons. The van der Waals surface area contributed by atoms with E-state index in [4.69, 9.17) is 9.40 Å². The second-order valence-corrected chi connectivity index (χ2v) is 11.3. The largest absolute Gasteiger partial charge is 0.455 e. The summed E-state index contributed by atoms with van der Waals surface area (Å²) < 4.78 is 10.0. The van der Waals surface area contributed by atoms with Crippen LogP contribution in [0.2, 0.25) is 0 Å². The van der Waals surface area contributed by atoms with Gasteiger partial charge in [-0.1, -0.05) is 90.2 Å². The number of nitrogens with zero attached hydrogens (tertiary/aromatic N) is 2. The molecule has 0 saturated carbocycles. The molecule has 3 aromatic heterocycles. The first-order valence-corrected chi connectivity index (χ1v) is 14.2. The van der Waals surface area contributed by atoms with E-state index in [0.29, 0.717) is 0 Å². The van der Waals surface area contributed by atoms with Crippen LogP contribution in [0.5, 0.6) is 0 Å². The number of para-hydroxylation sites is 3. The van der Waals surface area contributed by atoms with Crippen molar-refractivity contribution in [2.45, 2.75) is 12.8 Å². The lowest BCUT2D eigenvalue weighted by molar-refractivity contribution is 0.670. The maximum absolute atomic E-state index is 6.57. The van der Waals surface area contributed by atoms with Crippen LogP contribution in [-0.4, -0.2) is 9.55 Å². The molecule has 9 rings (SSSR count). The van der Waals surface area contributed by atoms with Crippen LogP contribution in [0.3, 0.4) is 0 Å². The summed E-state index contributed by atoms with van der Waals surface area (Å²) in [7, 11) is 0. The van der Waals surface area contributed by atoms with Gasteiger partial charge in [0.05, 0.1) is 26.6 Å². The molecule has 1 aliphatic carbocycles. The Morgan fingerprint density at radius 3 is 2.33 bits per heavy atom. The summed E-state index contributed by atoms with van der Waals surface area (Å²) in [6.45, 7) is 0. The maximum Gasteiger partial charge on any atom is 0.195 e. The van der Waals surface area contributed by atoms with Crippen molar-refractivity contribution in [3.8, 4) is 16.3 Å². The minimum absolute atomic E-state index is 0.894. The van der Waals surface area contributed by atoms with Gasteiger partial charge in [0.15, 0.2) is 5.13 Å². The van der Waals surface area contributed by atoms with Gasteiger partial charge in [-0.3, -0.25) is 4.57 Å². The van der Waals surface area contributed by atoms with E-state index in [2.05, 4.69) is 108 Å². The topological polar surface area (TPSA) is 31.0 Å². The molecule has 39 heavy (non-hydrogen) atoms. The zero-order chi connectivity index (χ0) is 25.5. The molecule has 3 nitrogen and oxygen atoms in total. The van der Waals surface area contributed by atoms with Crippen molar-refractivity contribution >= 4 is 71.4 Å².